The Labute approximate surface area is 114 Å². The van der Waals surface area contributed by atoms with Crippen molar-refractivity contribution in [2.24, 2.45) is 17.6 Å². The number of hydrogen-bond donors (Lipinski definition) is 1. The zero-order chi connectivity index (χ0) is 13.9. The summed E-state index contributed by atoms with van der Waals surface area (Å²) in [6.07, 6.45) is 0.430. The molecule has 1 rings (SSSR count). The van der Waals surface area contributed by atoms with Crippen molar-refractivity contribution in [2.75, 3.05) is 24.6 Å². The SMILES string of the molecule is CCN(CC(C)C(N)=S)C(=O)C1CCS(=O)(=O)C1. The van der Waals surface area contributed by atoms with Crippen molar-refractivity contribution in [1.29, 1.82) is 0 Å². The summed E-state index contributed by atoms with van der Waals surface area (Å²) in [6.45, 7) is 4.74. The maximum absolute atomic E-state index is 12.2. The minimum atomic E-state index is -3.03. The second-order valence-electron chi connectivity index (χ2n) is 4.78. The molecule has 1 heterocycles. The van der Waals surface area contributed by atoms with Gasteiger partial charge in [-0.15, -0.1) is 0 Å². The molecule has 1 aliphatic heterocycles. The van der Waals surface area contributed by atoms with Crippen molar-refractivity contribution < 1.29 is 13.2 Å². The quantitative estimate of drug-likeness (QED) is 0.732. The van der Waals surface area contributed by atoms with Gasteiger partial charge in [0.1, 0.15) is 0 Å². The number of hydrogen-bond acceptors (Lipinski definition) is 4. The van der Waals surface area contributed by atoms with Gasteiger partial charge in [-0.05, 0) is 13.3 Å². The highest BCUT2D eigenvalue weighted by molar-refractivity contribution is 7.91. The van der Waals surface area contributed by atoms with Crippen LogP contribution < -0.4 is 5.73 Å². The predicted octanol–water partition coefficient (Wildman–Crippen LogP) is 0.192. The Morgan fingerprint density at radius 2 is 2.17 bits per heavy atom. The summed E-state index contributed by atoms with van der Waals surface area (Å²) in [5.41, 5.74) is 5.53. The van der Waals surface area contributed by atoms with Crippen LogP contribution in [0.2, 0.25) is 0 Å². The van der Waals surface area contributed by atoms with Gasteiger partial charge in [-0.25, -0.2) is 8.42 Å². The van der Waals surface area contributed by atoms with Gasteiger partial charge < -0.3 is 10.6 Å². The van der Waals surface area contributed by atoms with E-state index in [0.717, 1.165) is 0 Å². The van der Waals surface area contributed by atoms with Gasteiger partial charge in [0.25, 0.3) is 0 Å². The van der Waals surface area contributed by atoms with Crippen LogP contribution in [0, 0.1) is 11.8 Å². The number of carbonyl (C=O) groups is 1. The Kier molecular flexibility index (Phi) is 5.10. The number of amides is 1. The van der Waals surface area contributed by atoms with Gasteiger partial charge in [-0.2, -0.15) is 0 Å². The first-order valence-electron chi connectivity index (χ1n) is 6.05. The molecule has 0 bridgehead atoms. The summed E-state index contributed by atoms with van der Waals surface area (Å²) in [5.74, 6) is -0.452. The van der Waals surface area contributed by atoms with Gasteiger partial charge >= 0.3 is 0 Å². The fourth-order valence-electron chi connectivity index (χ4n) is 2.04. The molecule has 2 N–H and O–H groups in total. The van der Waals surface area contributed by atoms with Crippen LogP contribution >= 0.6 is 12.2 Å². The molecule has 2 unspecified atom stereocenters. The van der Waals surface area contributed by atoms with E-state index >= 15 is 0 Å². The first kappa shape index (κ1) is 15.4. The minimum Gasteiger partial charge on any atom is -0.393 e. The van der Waals surface area contributed by atoms with Crippen molar-refractivity contribution in [3.63, 3.8) is 0 Å². The highest BCUT2D eigenvalue weighted by Gasteiger charge is 2.35. The van der Waals surface area contributed by atoms with Crippen LogP contribution in [0.1, 0.15) is 20.3 Å². The third-order valence-corrected chi connectivity index (χ3v) is 5.43. The summed E-state index contributed by atoms with van der Waals surface area (Å²) < 4.78 is 22.8. The van der Waals surface area contributed by atoms with E-state index in [0.29, 0.717) is 24.5 Å². The number of carbonyl (C=O) groups excluding carboxylic acids is 1. The van der Waals surface area contributed by atoms with Crippen molar-refractivity contribution >= 4 is 33.0 Å². The Morgan fingerprint density at radius 3 is 2.56 bits per heavy atom. The minimum absolute atomic E-state index is 0.0240. The molecule has 1 fully saturated rings. The van der Waals surface area contributed by atoms with Crippen LogP contribution in [0.5, 0.6) is 0 Å². The number of sulfone groups is 1. The highest BCUT2D eigenvalue weighted by atomic mass is 32.2. The maximum Gasteiger partial charge on any atom is 0.226 e. The Balaban J connectivity index is 2.66. The molecule has 0 radical (unpaired) electrons. The Hall–Kier alpha value is -0.690. The molecule has 0 spiro atoms. The largest absolute Gasteiger partial charge is 0.393 e. The summed E-state index contributed by atoms with van der Waals surface area (Å²) >= 11 is 4.89. The van der Waals surface area contributed by atoms with Crippen LogP contribution in [0.15, 0.2) is 0 Å². The van der Waals surface area contributed by atoms with Gasteiger partial charge in [0.05, 0.1) is 22.4 Å². The topological polar surface area (TPSA) is 80.5 Å². The molecule has 5 nitrogen and oxygen atoms in total. The van der Waals surface area contributed by atoms with Crippen molar-refractivity contribution in [3.05, 3.63) is 0 Å². The molecule has 0 aliphatic carbocycles. The normalized spacial score (nSPS) is 23.6. The summed E-state index contributed by atoms with van der Waals surface area (Å²) in [5, 5.41) is 0. The second kappa shape index (κ2) is 5.97. The van der Waals surface area contributed by atoms with Crippen LogP contribution in [0.3, 0.4) is 0 Å². The van der Waals surface area contributed by atoms with E-state index in [1.165, 1.54) is 0 Å². The lowest BCUT2D eigenvalue weighted by atomic mass is 10.1. The molecule has 1 aliphatic rings. The molecule has 0 aromatic heterocycles. The Morgan fingerprint density at radius 1 is 1.56 bits per heavy atom. The predicted molar refractivity (Wildman–Crippen MR) is 75.0 cm³/mol. The number of thiocarbonyl (C=S) groups is 1. The van der Waals surface area contributed by atoms with Gasteiger partial charge in [0.15, 0.2) is 9.84 Å². The van der Waals surface area contributed by atoms with Crippen molar-refractivity contribution in [2.45, 2.75) is 20.3 Å². The standard InChI is InChI=1S/C11H20N2O3S2/c1-3-13(6-8(2)10(12)17)11(14)9-4-5-18(15,16)7-9/h8-9H,3-7H2,1-2H3,(H2,12,17). The molecule has 0 saturated carbocycles. The third-order valence-electron chi connectivity index (χ3n) is 3.26. The first-order valence-corrected chi connectivity index (χ1v) is 8.28. The molecule has 0 aromatic carbocycles. The molecular formula is C11H20N2O3S2. The fourth-order valence-corrected chi connectivity index (χ4v) is 3.85. The van der Waals surface area contributed by atoms with E-state index in [2.05, 4.69) is 0 Å². The molecule has 7 heteroatoms. The van der Waals surface area contributed by atoms with Gasteiger partial charge in [-0.3, -0.25) is 4.79 Å². The number of nitrogens with zero attached hydrogens (tertiary/aromatic N) is 1. The first-order chi connectivity index (χ1) is 8.26. The molecule has 104 valence electrons. The van der Waals surface area contributed by atoms with Gasteiger partial charge in [0.2, 0.25) is 5.91 Å². The van der Waals surface area contributed by atoms with E-state index in [-0.39, 0.29) is 23.3 Å². The summed E-state index contributed by atoms with van der Waals surface area (Å²) in [6, 6.07) is 0. The van der Waals surface area contributed by atoms with Crippen LogP contribution in [0.25, 0.3) is 0 Å². The summed E-state index contributed by atoms with van der Waals surface area (Å²) in [4.78, 5) is 14.2. The highest BCUT2D eigenvalue weighted by Crippen LogP contribution is 2.21. The lowest BCUT2D eigenvalue weighted by molar-refractivity contribution is -0.134. The Bertz CT molecular complexity index is 434. The van der Waals surface area contributed by atoms with Gasteiger partial charge in [-0.1, -0.05) is 19.1 Å². The molecule has 2 atom stereocenters. The third kappa shape index (κ3) is 3.91. The van der Waals surface area contributed by atoms with Gasteiger partial charge in [0, 0.05) is 19.0 Å². The van der Waals surface area contributed by atoms with Crippen molar-refractivity contribution in [3.8, 4) is 0 Å². The smallest absolute Gasteiger partial charge is 0.226 e. The molecule has 18 heavy (non-hydrogen) atoms. The van der Waals surface area contributed by atoms with E-state index in [1.807, 2.05) is 13.8 Å². The van der Waals surface area contributed by atoms with Crippen LogP contribution in [0.4, 0.5) is 0 Å². The second-order valence-corrected chi connectivity index (χ2v) is 7.48. The number of rotatable bonds is 5. The monoisotopic (exact) mass is 292 g/mol. The van der Waals surface area contributed by atoms with Crippen LogP contribution in [-0.4, -0.2) is 48.8 Å². The molecule has 1 saturated heterocycles. The average molecular weight is 292 g/mol. The molecular weight excluding hydrogens is 272 g/mol. The van der Waals surface area contributed by atoms with E-state index in [9.17, 15) is 13.2 Å². The lowest BCUT2D eigenvalue weighted by Gasteiger charge is -2.26. The fraction of sp³-hybridized carbons (Fsp3) is 0.818. The summed E-state index contributed by atoms with van der Waals surface area (Å²) in [7, 11) is -3.03. The molecule has 0 aromatic rings. The van der Waals surface area contributed by atoms with Crippen LogP contribution in [-0.2, 0) is 14.6 Å². The maximum atomic E-state index is 12.2. The van der Waals surface area contributed by atoms with E-state index in [4.69, 9.17) is 18.0 Å². The zero-order valence-corrected chi connectivity index (χ0v) is 12.4. The molecule has 1 amide bonds. The zero-order valence-electron chi connectivity index (χ0n) is 10.8. The van der Waals surface area contributed by atoms with E-state index < -0.39 is 15.8 Å². The lowest BCUT2D eigenvalue weighted by Crippen LogP contribution is -2.41. The average Bonchev–Trinajstić information content (AvgIpc) is 2.65. The number of nitrogens with two attached hydrogens (primary N) is 1. The van der Waals surface area contributed by atoms with Crippen molar-refractivity contribution in [1.82, 2.24) is 4.90 Å². The van der Waals surface area contributed by atoms with E-state index in [1.54, 1.807) is 4.90 Å².